The van der Waals surface area contributed by atoms with Gasteiger partial charge in [-0.2, -0.15) is 11.8 Å². The van der Waals surface area contributed by atoms with E-state index in [1.54, 1.807) is 0 Å². The first-order valence-electron chi connectivity index (χ1n) is 6.13. The lowest BCUT2D eigenvalue weighted by molar-refractivity contribution is 0.645. The van der Waals surface area contributed by atoms with E-state index >= 15 is 0 Å². The summed E-state index contributed by atoms with van der Waals surface area (Å²) in [5.74, 6) is 1.36. The van der Waals surface area contributed by atoms with Gasteiger partial charge in [-0.05, 0) is 38.0 Å². The predicted molar refractivity (Wildman–Crippen MR) is 73.1 cm³/mol. The Morgan fingerprint density at radius 2 is 2.00 bits per heavy atom. The van der Waals surface area contributed by atoms with Crippen LogP contribution in [0.4, 0.5) is 0 Å². The van der Waals surface area contributed by atoms with E-state index in [9.17, 15) is 0 Å². The SMILES string of the molecule is Cc1cc(C)cc(CNCC2CCCS2)c1. The van der Waals surface area contributed by atoms with Gasteiger partial charge < -0.3 is 5.32 Å². The van der Waals surface area contributed by atoms with Gasteiger partial charge in [0.25, 0.3) is 0 Å². The number of benzene rings is 1. The highest BCUT2D eigenvalue weighted by molar-refractivity contribution is 8.00. The minimum Gasteiger partial charge on any atom is -0.312 e. The van der Waals surface area contributed by atoms with Crippen molar-refractivity contribution in [3.8, 4) is 0 Å². The molecule has 0 saturated carbocycles. The lowest BCUT2D eigenvalue weighted by Crippen LogP contribution is -2.22. The van der Waals surface area contributed by atoms with Crippen LogP contribution in [0, 0.1) is 13.8 Å². The molecule has 1 aliphatic heterocycles. The van der Waals surface area contributed by atoms with Crippen molar-refractivity contribution >= 4 is 11.8 Å². The molecule has 1 N–H and O–H groups in total. The highest BCUT2D eigenvalue weighted by atomic mass is 32.2. The summed E-state index contributed by atoms with van der Waals surface area (Å²) in [6, 6.07) is 6.79. The van der Waals surface area contributed by atoms with Gasteiger partial charge in [0.15, 0.2) is 0 Å². The van der Waals surface area contributed by atoms with Gasteiger partial charge in [-0.15, -0.1) is 0 Å². The summed E-state index contributed by atoms with van der Waals surface area (Å²) in [5.41, 5.74) is 4.15. The highest BCUT2D eigenvalue weighted by Gasteiger charge is 2.14. The lowest BCUT2D eigenvalue weighted by atomic mass is 10.1. The molecule has 0 spiro atoms. The quantitative estimate of drug-likeness (QED) is 0.859. The fraction of sp³-hybridized carbons (Fsp3) is 0.571. The average Bonchev–Trinajstić information content (AvgIpc) is 2.69. The molecule has 0 radical (unpaired) electrons. The van der Waals surface area contributed by atoms with Gasteiger partial charge in [-0.3, -0.25) is 0 Å². The van der Waals surface area contributed by atoms with E-state index in [1.165, 1.54) is 35.3 Å². The van der Waals surface area contributed by atoms with Crippen molar-refractivity contribution in [3.63, 3.8) is 0 Å². The van der Waals surface area contributed by atoms with Gasteiger partial charge in [-0.25, -0.2) is 0 Å². The summed E-state index contributed by atoms with van der Waals surface area (Å²) in [6.45, 7) is 6.52. The van der Waals surface area contributed by atoms with Crippen molar-refractivity contribution in [1.82, 2.24) is 5.32 Å². The first-order valence-corrected chi connectivity index (χ1v) is 7.18. The summed E-state index contributed by atoms with van der Waals surface area (Å²) in [6.07, 6.45) is 2.80. The lowest BCUT2D eigenvalue weighted by Gasteiger charge is -2.11. The minimum atomic E-state index is 0.853. The summed E-state index contributed by atoms with van der Waals surface area (Å²) < 4.78 is 0. The molecular weight excluding hydrogens is 214 g/mol. The molecule has 0 aromatic heterocycles. The normalized spacial score (nSPS) is 20.2. The van der Waals surface area contributed by atoms with Gasteiger partial charge in [0.1, 0.15) is 0 Å². The zero-order chi connectivity index (χ0) is 11.4. The first kappa shape index (κ1) is 12.0. The van der Waals surface area contributed by atoms with Crippen LogP contribution in [-0.4, -0.2) is 17.5 Å². The second kappa shape index (κ2) is 5.74. The fourth-order valence-electron chi connectivity index (χ4n) is 2.35. The molecule has 2 heteroatoms. The molecule has 1 heterocycles. The average molecular weight is 235 g/mol. The molecule has 16 heavy (non-hydrogen) atoms. The Morgan fingerprint density at radius 1 is 1.25 bits per heavy atom. The molecule has 2 rings (SSSR count). The second-order valence-electron chi connectivity index (χ2n) is 4.76. The van der Waals surface area contributed by atoms with Crippen LogP contribution in [0.5, 0.6) is 0 Å². The maximum absolute atomic E-state index is 3.58. The molecule has 1 aromatic carbocycles. The van der Waals surface area contributed by atoms with Crippen LogP contribution in [0.3, 0.4) is 0 Å². The second-order valence-corrected chi connectivity index (χ2v) is 6.17. The molecule has 1 atom stereocenters. The van der Waals surface area contributed by atoms with Crippen LogP contribution in [0.15, 0.2) is 18.2 Å². The van der Waals surface area contributed by atoms with E-state index in [-0.39, 0.29) is 0 Å². The molecule has 88 valence electrons. The fourth-order valence-corrected chi connectivity index (χ4v) is 3.59. The van der Waals surface area contributed by atoms with Crippen LogP contribution < -0.4 is 5.32 Å². The van der Waals surface area contributed by atoms with Crippen molar-refractivity contribution in [2.24, 2.45) is 0 Å². The van der Waals surface area contributed by atoms with E-state index in [0.29, 0.717) is 0 Å². The van der Waals surface area contributed by atoms with E-state index in [0.717, 1.165) is 18.3 Å². The van der Waals surface area contributed by atoms with Crippen molar-refractivity contribution in [2.75, 3.05) is 12.3 Å². The predicted octanol–water partition coefficient (Wildman–Crippen LogP) is 3.29. The summed E-state index contributed by atoms with van der Waals surface area (Å²) in [5, 5.41) is 4.43. The number of hydrogen-bond donors (Lipinski definition) is 1. The molecule has 0 bridgehead atoms. The molecule has 0 aliphatic carbocycles. The van der Waals surface area contributed by atoms with Gasteiger partial charge in [-0.1, -0.05) is 29.3 Å². The standard InChI is InChI=1S/C14H21NS/c1-11-6-12(2)8-13(7-11)9-15-10-14-4-3-5-16-14/h6-8,14-15H,3-5,9-10H2,1-2H3. The van der Waals surface area contributed by atoms with Gasteiger partial charge in [0.2, 0.25) is 0 Å². The van der Waals surface area contributed by atoms with E-state index in [2.05, 4.69) is 49.1 Å². The Hall–Kier alpha value is -0.470. The monoisotopic (exact) mass is 235 g/mol. The van der Waals surface area contributed by atoms with Crippen molar-refractivity contribution < 1.29 is 0 Å². The van der Waals surface area contributed by atoms with Crippen LogP contribution >= 0.6 is 11.8 Å². The Balaban J connectivity index is 1.80. The van der Waals surface area contributed by atoms with Crippen LogP contribution in [0.25, 0.3) is 0 Å². The number of thioether (sulfide) groups is 1. The van der Waals surface area contributed by atoms with E-state index in [1.807, 2.05) is 0 Å². The molecule has 1 aliphatic rings. The van der Waals surface area contributed by atoms with Crippen LogP contribution in [-0.2, 0) is 6.54 Å². The van der Waals surface area contributed by atoms with Crippen molar-refractivity contribution in [2.45, 2.75) is 38.5 Å². The third kappa shape index (κ3) is 3.53. The van der Waals surface area contributed by atoms with Crippen molar-refractivity contribution in [3.05, 3.63) is 34.9 Å². The maximum atomic E-state index is 3.58. The van der Waals surface area contributed by atoms with E-state index < -0.39 is 0 Å². The third-order valence-corrected chi connectivity index (χ3v) is 4.40. The Morgan fingerprint density at radius 3 is 2.62 bits per heavy atom. The zero-order valence-electron chi connectivity index (χ0n) is 10.3. The first-order chi connectivity index (χ1) is 7.74. The molecule has 1 aromatic rings. The molecule has 1 nitrogen and oxygen atoms in total. The van der Waals surface area contributed by atoms with Gasteiger partial charge in [0, 0.05) is 18.3 Å². The smallest absolute Gasteiger partial charge is 0.0206 e. The molecule has 0 amide bonds. The molecule has 1 saturated heterocycles. The summed E-state index contributed by atoms with van der Waals surface area (Å²) in [4.78, 5) is 0. The summed E-state index contributed by atoms with van der Waals surface area (Å²) in [7, 11) is 0. The Kier molecular flexibility index (Phi) is 4.30. The molecular formula is C14H21NS. The number of nitrogens with one attached hydrogen (secondary N) is 1. The number of rotatable bonds is 4. The molecule has 1 unspecified atom stereocenters. The molecule has 1 fully saturated rings. The third-order valence-electron chi connectivity index (χ3n) is 3.01. The highest BCUT2D eigenvalue weighted by Crippen LogP contribution is 2.25. The van der Waals surface area contributed by atoms with E-state index in [4.69, 9.17) is 0 Å². The maximum Gasteiger partial charge on any atom is 0.0206 e. The zero-order valence-corrected chi connectivity index (χ0v) is 11.1. The van der Waals surface area contributed by atoms with Gasteiger partial charge in [0.05, 0.1) is 0 Å². The Labute approximate surface area is 103 Å². The largest absolute Gasteiger partial charge is 0.312 e. The Bertz CT molecular complexity index is 322. The topological polar surface area (TPSA) is 12.0 Å². The van der Waals surface area contributed by atoms with Crippen LogP contribution in [0.2, 0.25) is 0 Å². The summed E-state index contributed by atoms with van der Waals surface area (Å²) >= 11 is 2.12. The van der Waals surface area contributed by atoms with Crippen molar-refractivity contribution in [1.29, 1.82) is 0 Å². The van der Waals surface area contributed by atoms with Gasteiger partial charge >= 0.3 is 0 Å². The minimum absolute atomic E-state index is 0.853. The number of aryl methyl sites for hydroxylation is 2. The van der Waals surface area contributed by atoms with Crippen LogP contribution in [0.1, 0.15) is 29.5 Å². The number of hydrogen-bond acceptors (Lipinski definition) is 2.